The highest BCUT2D eigenvalue weighted by molar-refractivity contribution is 9.10. The van der Waals surface area contributed by atoms with Gasteiger partial charge in [-0.05, 0) is 60.5 Å². The third kappa shape index (κ3) is 11.2. The van der Waals surface area contributed by atoms with Crippen LogP contribution in [0, 0.1) is 0 Å². The SMILES string of the molecule is CCCCCCCCCC(=O)NCC(=O)N/N=C\c1ccc(OC(=O)c2ccc(Br)cc2)cc1. The lowest BCUT2D eigenvalue weighted by atomic mass is 10.1. The molecule has 8 heteroatoms. The third-order valence-corrected chi connectivity index (χ3v) is 5.56. The molecule has 0 spiro atoms. The van der Waals surface area contributed by atoms with Crippen LogP contribution in [-0.4, -0.2) is 30.5 Å². The van der Waals surface area contributed by atoms with Gasteiger partial charge in [0, 0.05) is 10.9 Å². The number of carbonyl (C=O) groups excluding carboxylic acids is 3. The van der Waals surface area contributed by atoms with Gasteiger partial charge in [-0.25, -0.2) is 10.2 Å². The standard InChI is InChI=1S/C26H32BrN3O4/c1-2-3-4-5-6-7-8-9-24(31)28-19-25(32)30-29-18-20-10-16-23(17-11-20)34-26(33)21-12-14-22(27)15-13-21/h10-18H,2-9,19H2,1H3,(H,28,31)(H,30,32)/b29-18-. The number of nitrogens with one attached hydrogen (secondary N) is 2. The number of hydrazone groups is 1. The molecule has 2 aromatic rings. The van der Waals surface area contributed by atoms with E-state index in [1.807, 2.05) is 0 Å². The number of rotatable bonds is 14. The van der Waals surface area contributed by atoms with Crippen LogP contribution in [0.25, 0.3) is 0 Å². The van der Waals surface area contributed by atoms with Crippen LogP contribution < -0.4 is 15.5 Å². The van der Waals surface area contributed by atoms with Gasteiger partial charge >= 0.3 is 5.97 Å². The van der Waals surface area contributed by atoms with E-state index in [9.17, 15) is 14.4 Å². The Morgan fingerprint density at radius 3 is 2.21 bits per heavy atom. The largest absolute Gasteiger partial charge is 0.423 e. The smallest absolute Gasteiger partial charge is 0.343 e. The monoisotopic (exact) mass is 529 g/mol. The van der Waals surface area contributed by atoms with Crippen LogP contribution in [0.2, 0.25) is 0 Å². The van der Waals surface area contributed by atoms with E-state index in [-0.39, 0.29) is 12.5 Å². The first kappa shape index (κ1) is 27.2. The average Bonchev–Trinajstić information content (AvgIpc) is 2.83. The van der Waals surface area contributed by atoms with Gasteiger partial charge < -0.3 is 10.1 Å². The third-order valence-electron chi connectivity index (χ3n) is 5.03. The molecule has 2 N–H and O–H groups in total. The second-order valence-electron chi connectivity index (χ2n) is 7.91. The molecule has 0 saturated carbocycles. The molecule has 182 valence electrons. The van der Waals surface area contributed by atoms with Crippen molar-refractivity contribution < 1.29 is 19.1 Å². The number of carbonyl (C=O) groups is 3. The molecule has 0 unspecified atom stereocenters. The van der Waals surface area contributed by atoms with Gasteiger partial charge in [-0.2, -0.15) is 5.10 Å². The second kappa shape index (κ2) is 15.8. The topological polar surface area (TPSA) is 96.9 Å². The number of ether oxygens (including phenoxy) is 1. The number of benzene rings is 2. The van der Waals surface area contributed by atoms with Crippen molar-refractivity contribution in [3.05, 3.63) is 64.1 Å². The predicted octanol–water partition coefficient (Wildman–Crippen LogP) is 5.38. The van der Waals surface area contributed by atoms with Crippen LogP contribution in [-0.2, 0) is 9.59 Å². The van der Waals surface area contributed by atoms with Gasteiger partial charge in [0.2, 0.25) is 5.91 Å². The molecular weight excluding hydrogens is 498 g/mol. The van der Waals surface area contributed by atoms with Gasteiger partial charge in [-0.3, -0.25) is 9.59 Å². The zero-order chi connectivity index (χ0) is 24.6. The van der Waals surface area contributed by atoms with Crippen molar-refractivity contribution in [2.45, 2.75) is 58.3 Å². The molecule has 0 heterocycles. The highest BCUT2D eigenvalue weighted by Crippen LogP contribution is 2.15. The van der Waals surface area contributed by atoms with E-state index in [0.29, 0.717) is 23.3 Å². The average molecular weight is 530 g/mol. The quantitative estimate of drug-likeness (QED) is 0.113. The number of amides is 2. The van der Waals surface area contributed by atoms with E-state index in [1.165, 1.54) is 31.9 Å². The van der Waals surface area contributed by atoms with E-state index < -0.39 is 11.9 Å². The van der Waals surface area contributed by atoms with E-state index >= 15 is 0 Å². The second-order valence-corrected chi connectivity index (χ2v) is 8.82. The fourth-order valence-corrected chi connectivity index (χ4v) is 3.37. The number of halogens is 1. The van der Waals surface area contributed by atoms with Crippen molar-refractivity contribution >= 4 is 39.9 Å². The Balaban J connectivity index is 1.63. The molecule has 0 bridgehead atoms. The van der Waals surface area contributed by atoms with Crippen LogP contribution in [0.4, 0.5) is 0 Å². The molecule has 0 fully saturated rings. The van der Waals surface area contributed by atoms with E-state index in [0.717, 1.165) is 23.7 Å². The summed E-state index contributed by atoms with van der Waals surface area (Å²) in [6, 6.07) is 13.6. The summed E-state index contributed by atoms with van der Waals surface area (Å²) in [5.74, 6) is -0.571. The van der Waals surface area contributed by atoms with Gasteiger partial charge in [-0.1, -0.05) is 61.4 Å². The summed E-state index contributed by atoms with van der Waals surface area (Å²) in [6.07, 6.45) is 9.90. The molecular formula is C26H32BrN3O4. The molecule has 2 amide bonds. The van der Waals surface area contributed by atoms with Crippen molar-refractivity contribution in [3.8, 4) is 5.75 Å². The number of hydrogen-bond donors (Lipinski definition) is 2. The first-order valence-electron chi connectivity index (χ1n) is 11.6. The van der Waals surface area contributed by atoms with E-state index in [4.69, 9.17) is 4.74 Å². The minimum absolute atomic E-state index is 0.113. The molecule has 0 aromatic heterocycles. The summed E-state index contributed by atoms with van der Waals surface area (Å²) < 4.78 is 6.22. The molecule has 7 nitrogen and oxygen atoms in total. The minimum atomic E-state index is -0.449. The molecule has 0 atom stereocenters. The Morgan fingerprint density at radius 1 is 0.882 bits per heavy atom. The van der Waals surface area contributed by atoms with Crippen molar-refractivity contribution in [1.29, 1.82) is 0 Å². The Hall–Kier alpha value is -3.00. The lowest BCUT2D eigenvalue weighted by Crippen LogP contribution is -2.34. The lowest BCUT2D eigenvalue weighted by Gasteiger charge is -2.05. The number of esters is 1. The number of nitrogens with zero attached hydrogens (tertiary/aromatic N) is 1. The van der Waals surface area contributed by atoms with Gasteiger partial charge in [0.15, 0.2) is 0 Å². The molecule has 34 heavy (non-hydrogen) atoms. The van der Waals surface area contributed by atoms with Crippen molar-refractivity contribution in [2.24, 2.45) is 5.10 Å². The fraction of sp³-hybridized carbons (Fsp3) is 0.385. The predicted molar refractivity (Wildman–Crippen MR) is 137 cm³/mol. The van der Waals surface area contributed by atoms with Crippen molar-refractivity contribution in [3.63, 3.8) is 0 Å². The minimum Gasteiger partial charge on any atom is -0.423 e. The summed E-state index contributed by atoms with van der Waals surface area (Å²) in [7, 11) is 0. The number of unbranched alkanes of at least 4 members (excludes halogenated alkanes) is 6. The maximum atomic E-state index is 12.1. The lowest BCUT2D eigenvalue weighted by molar-refractivity contribution is -0.126. The van der Waals surface area contributed by atoms with E-state index in [1.54, 1.807) is 48.5 Å². The Bertz CT molecular complexity index is 944. The fourth-order valence-electron chi connectivity index (χ4n) is 3.10. The van der Waals surface area contributed by atoms with Crippen molar-refractivity contribution in [1.82, 2.24) is 10.7 Å². The Morgan fingerprint density at radius 2 is 1.53 bits per heavy atom. The summed E-state index contributed by atoms with van der Waals surface area (Å²) in [6.45, 7) is 2.08. The molecule has 2 aromatic carbocycles. The van der Waals surface area contributed by atoms with Crippen LogP contribution in [0.1, 0.15) is 74.2 Å². The molecule has 0 aliphatic rings. The normalized spacial score (nSPS) is 10.8. The van der Waals surface area contributed by atoms with E-state index in [2.05, 4.69) is 38.7 Å². The molecule has 0 aliphatic carbocycles. The zero-order valence-corrected chi connectivity index (χ0v) is 21.1. The van der Waals surface area contributed by atoms with Gasteiger partial charge in [-0.15, -0.1) is 0 Å². The summed E-state index contributed by atoms with van der Waals surface area (Å²) in [4.78, 5) is 35.8. The van der Waals surface area contributed by atoms with Gasteiger partial charge in [0.05, 0.1) is 18.3 Å². The summed E-state index contributed by atoms with van der Waals surface area (Å²) in [5.41, 5.74) is 3.55. The van der Waals surface area contributed by atoms with Crippen molar-refractivity contribution in [2.75, 3.05) is 6.54 Å². The highest BCUT2D eigenvalue weighted by atomic mass is 79.9. The maximum Gasteiger partial charge on any atom is 0.343 e. The molecule has 0 radical (unpaired) electrons. The van der Waals surface area contributed by atoms with Crippen LogP contribution >= 0.6 is 15.9 Å². The molecule has 0 aliphatic heterocycles. The Labute approximate surface area is 209 Å². The summed E-state index contributed by atoms with van der Waals surface area (Å²) in [5, 5.41) is 6.50. The molecule has 2 rings (SSSR count). The number of hydrogen-bond acceptors (Lipinski definition) is 5. The van der Waals surface area contributed by atoms with Crippen LogP contribution in [0.5, 0.6) is 5.75 Å². The van der Waals surface area contributed by atoms with Crippen LogP contribution in [0.15, 0.2) is 58.1 Å². The van der Waals surface area contributed by atoms with Gasteiger partial charge in [0.1, 0.15) is 5.75 Å². The first-order valence-corrected chi connectivity index (χ1v) is 12.4. The summed E-state index contributed by atoms with van der Waals surface area (Å²) >= 11 is 3.32. The highest BCUT2D eigenvalue weighted by Gasteiger charge is 2.08. The zero-order valence-electron chi connectivity index (χ0n) is 19.5. The maximum absolute atomic E-state index is 12.1. The first-order chi connectivity index (χ1) is 16.5. The molecule has 0 saturated heterocycles. The Kier molecular flexibility index (Phi) is 12.6. The van der Waals surface area contributed by atoms with Gasteiger partial charge in [0.25, 0.3) is 5.91 Å². The van der Waals surface area contributed by atoms with Crippen LogP contribution in [0.3, 0.4) is 0 Å².